The van der Waals surface area contributed by atoms with Crippen LogP contribution < -0.4 is 16.0 Å². The monoisotopic (exact) mass is 328 g/mol. The van der Waals surface area contributed by atoms with Crippen LogP contribution in [0.1, 0.15) is 24.1 Å². The van der Waals surface area contributed by atoms with Crippen molar-refractivity contribution in [1.82, 2.24) is 15.6 Å². The van der Waals surface area contributed by atoms with E-state index in [-0.39, 0.29) is 12.1 Å². The van der Waals surface area contributed by atoms with Crippen molar-refractivity contribution >= 4 is 17.8 Å². The number of aromatic nitrogens is 1. The average Bonchev–Trinajstić information content (AvgIpc) is 2.61. The van der Waals surface area contributed by atoms with Crippen LogP contribution in [0, 0.1) is 0 Å². The average molecular weight is 328 g/mol. The number of ether oxygens (including phenoxy) is 1. The molecule has 126 valence electrons. The fourth-order valence-corrected chi connectivity index (χ4v) is 2.04. The van der Waals surface area contributed by atoms with Crippen LogP contribution in [0.2, 0.25) is 0 Å². The maximum absolute atomic E-state index is 11.9. The van der Waals surface area contributed by atoms with Gasteiger partial charge in [0.05, 0.1) is 13.2 Å². The van der Waals surface area contributed by atoms with Gasteiger partial charge in [0.15, 0.2) is 0 Å². The molecule has 2 aromatic rings. The van der Waals surface area contributed by atoms with E-state index >= 15 is 0 Å². The first-order valence-corrected chi connectivity index (χ1v) is 7.46. The van der Waals surface area contributed by atoms with E-state index in [4.69, 9.17) is 0 Å². The van der Waals surface area contributed by atoms with Gasteiger partial charge in [-0.15, -0.1) is 0 Å². The van der Waals surface area contributed by atoms with Gasteiger partial charge in [-0.2, -0.15) is 0 Å². The number of methoxy groups -OCH3 is 1. The Kier molecular flexibility index (Phi) is 6.13. The van der Waals surface area contributed by atoms with Crippen molar-refractivity contribution < 1.29 is 14.3 Å². The zero-order chi connectivity index (χ0) is 17.4. The van der Waals surface area contributed by atoms with Gasteiger partial charge in [-0.05, 0) is 42.3 Å². The number of nitrogens with zero attached hydrogens (tertiary/aromatic N) is 1. The molecule has 1 atom stereocenters. The lowest BCUT2D eigenvalue weighted by Gasteiger charge is -2.15. The van der Waals surface area contributed by atoms with E-state index in [0.29, 0.717) is 12.2 Å². The van der Waals surface area contributed by atoms with Crippen LogP contribution >= 0.6 is 0 Å². The predicted molar refractivity (Wildman–Crippen MR) is 90.5 cm³/mol. The third-order valence-corrected chi connectivity index (χ3v) is 3.39. The quantitative estimate of drug-likeness (QED) is 0.787. The molecule has 1 heterocycles. The topological polar surface area (TPSA) is 92.4 Å². The summed E-state index contributed by atoms with van der Waals surface area (Å²) in [6.07, 6.45) is 2.86. The van der Waals surface area contributed by atoms with Gasteiger partial charge < -0.3 is 15.4 Å². The summed E-state index contributed by atoms with van der Waals surface area (Å²) in [6.45, 7) is 2.29. The highest BCUT2D eigenvalue weighted by atomic mass is 16.5. The number of anilines is 1. The summed E-state index contributed by atoms with van der Waals surface area (Å²) in [5.41, 5.74) is 2.52. The largest absolute Gasteiger partial charge is 0.453 e. The molecule has 0 aliphatic carbocycles. The highest BCUT2D eigenvalue weighted by Crippen LogP contribution is 2.11. The van der Waals surface area contributed by atoms with Crippen LogP contribution in [-0.2, 0) is 11.3 Å². The van der Waals surface area contributed by atoms with Crippen LogP contribution in [0.5, 0.6) is 0 Å². The van der Waals surface area contributed by atoms with Crippen LogP contribution in [0.15, 0.2) is 48.8 Å². The molecular formula is C17H20N4O3. The Bertz CT molecular complexity index is 674. The molecule has 1 unspecified atom stereocenters. The molecule has 0 aliphatic heterocycles. The van der Waals surface area contributed by atoms with E-state index in [1.165, 1.54) is 7.11 Å². The summed E-state index contributed by atoms with van der Waals surface area (Å²) in [7, 11) is 1.30. The zero-order valence-electron chi connectivity index (χ0n) is 13.6. The van der Waals surface area contributed by atoms with E-state index in [1.807, 2.05) is 31.2 Å². The van der Waals surface area contributed by atoms with Gasteiger partial charge >= 0.3 is 12.1 Å². The highest BCUT2D eigenvalue weighted by molar-refractivity contribution is 5.84. The Hall–Kier alpha value is -3.09. The van der Waals surface area contributed by atoms with Gasteiger partial charge in [-0.1, -0.05) is 12.1 Å². The van der Waals surface area contributed by atoms with Crippen molar-refractivity contribution in [1.29, 1.82) is 0 Å². The zero-order valence-corrected chi connectivity index (χ0v) is 13.6. The Morgan fingerprint density at radius 2 is 1.79 bits per heavy atom. The maximum Gasteiger partial charge on any atom is 0.411 e. The first-order chi connectivity index (χ1) is 11.6. The van der Waals surface area contributed by atoms with E-state index < -0.39 is 6.09 Å². The van der Waals surface area contributed by atoms with Crippen molar-refractivity contribution in [2.75, 3.05) is 12.4 Å². The van der Waals surface area contributed by atoms with Crippen molar-refractivity contribution in [3.8, 4) is 0 Å². The molecule has 0 saturated carbocycles. The Morgan fingerprint density at radius 3 is 2.42 bits per heavy atom. The Balaban J connectivity index is 1.80. The molecule has 3 N–H and O–H groups in total. The molecule has 0 spiro atoms. The third kappa shape index (κ3) is 5.28. The summed E-state index contributed by atoms with van der Waals surface area (Å²) in [5.74, 6) is 0. The highest BCUT2D eigenvalue weighted by Gasteiger charge is 2.08. The molecule has 0 saturated heterocycles. The second kappa shape index (κ2) is 8.52. The van der Waals surface area contributed by atoms with Crippen molar-refractivity contribution in [3.63, 3.8) is 0 Å². The number of hydrogen-bond acceptors (Lipinski definition) is 4. The number of urea groups is 1. The molecule has 7 nitrogen and oxygen atoms in total. The van der Waals surface area contributed by atoms with Crippen LogP contribution in [0.25, 0.3) is 0 Å². The molecule has 3 amide bonds. The number of rotatable bonds is 5. The van der Waals surface area contributed by atoms with Gasteiger partial charge in [-0.3, -0.25) is 10.3 Å². The Morgan fingerprint density at radius 1 is 1.12 bits per heavy atom. The molecule has 24 heavy (non-hydrogen) atoms. The minimum absolute atomic E-state index is 0.111. The van der Waals surface area contributed by atoms with Crippen molar-refractivity contribution in [2.24, 2.45) is 0 Å². The Labute approximate surface area is 140 Å². The van der Waals surface area contributed by atoms with Crippen LogP contribution in [0.4, 0.5) is 15.3 Å². The minimum atomic E-state index is -0.523. The van der Waals surface area contributed by atoms with Gasteiger partial charge in [0.1, 0.15) is 0 Å². The van der Waals surface area contributed by atoms with Crippen LogP contribution in [-0.4, -0.2) is 24.2 Å². The molecule has 0 aliphatic rings. The van der Waals surface area contributed by atoms with E-state index in [2.05, 4.69) is 25.7 Å². The molecule has 0 fully saturated rings. The molecule has 1 aromatic heterocycles. The fraction of sp³-hybridized carbons (Fsp3) is 0.235. The van der Waals surface area contributed by atoms with Crippen molar-refractivity contribution in [3.05, 3.63) is 59.9 Å². The molecule has 2 rings (SSSR count). The fourth-order valence-electron chi connectivity index (χ4n) is 2.04. The first-order valence-electron chi connectivity index (χ1n) is 7.46. The van der Waals surface area contributed by atoms with Crippen LogP contribution in [0.3, 0.4) is 0 Å². The standard InChI is InChI=1S/C17H20N4O3/c1-12(14-7-9-18-10-8-14)20-16(22)19-11-13-3-5-15(6-4-13)21-17(23)24-2/h3-10,12H,11H2,1-2H3,(H,21,23)(H2,19,20,22). The van der Waals surface area contributed by atoms with Crippen molar-refractivity contribution in [2.45, 2.75) is 19.5 Å². The van der Waals surface area contributed by atoms with E-state index in [1.54, 1.807) is 24.5 Å². The number of carbonyl (C=O) groups is 2. The number of amides is 3. The molecule has 0 bridgehead atoms. The summed E-state index contributed by atoms with van der Waals surface area (Å²) in [4.78, 5) is 27.0. The lowest BCUT2D eigenvalue weighted by molar-refractivity contribution is 0.187. The van der Waals surface area contributed by atoms with E-state index in [9.17, 15) is 9.59 Å². The summed E-state index contributed by atoms with van der Waals surface area (Å²) in [6, 6.07) is 10.5. The summed E-state index contributed by atoms with van der Waals surface area (Å²) >= 11 is 0. The smallest absolute Gasteiger partial charge is 0.411 e. The SMILES string of the molecule is COC(=O)Nc1ccc(CNC(=O)NC(C)c2ccncc2)cc1. The number of pyridine rings is 1. The van der Waals surface area contributed by atoms with Gasteiger partial charge in [0.25, 0.3) is 0 Å². The number of nitrogens with one attached hydrogen (secondary N) is 3. The van der Waals surface area contributed by atoms with Gasteiger partial charge in [-0.25, -0.2) is 9.59 Å². The lowest BCUT2D eigenvalue weighted by atomic mass is 10.1. The van der Waals surface area contributed by atoms with Gasteiger partial charge in [0, 0.05) is 24.6 Å². The molecular weight excluding hydrogens is 308 g/mol. The minimum Gasteiger partial charge on any atom is -0.453 e. The second-order valence-corrected chi connectivity index (χ2v) is 5.14. The van der Waals surface area contributed by atoms with E-state index in [0.717, 1.165) is 11.1 Å². The molecule has 1 aromatic carbocycles. The maximum atomic E-state index is 11.9. The molecule has 0 radical (unpaired) electrons. The predicted octanol–water partition coefficient (Wildman–Crippen LogP) is 2.82. The molecule has 7 heteroatoms. The first kappa shape index (κ1) is 17.3. The summed E-state index contributed by atoms with van der Waals surface area (Å²) in [5, 5.41) is 8.22. The second-order valence-electron chi connectivity index (χ2n) is 5.14. The number of carbonyl (C=O) groups excluding carboxylic acids is 2. The number of benzene rings is 1. The normalized spacial score (nSPS) is 11.2. The number of hydrogen-bond donors (Lipinski definition) is 3. The lowest BCUT2D eigenvalue weighted by Crippen LogP contribution is -2.36. The summed E-state index contributed by atoms with van der Waals surface area (Å²) < 4.78 is 4.52. The third-order valence-electron chi connectivity index (χ3n) is 3.39. The van der Waals surface area contributed by atoms with Gasteiger partial charge in [0.2, 0.25) is 0 Å².